The van der Waals surface area contributed by atoms with Crippen LogP contribution < -0.4 is 20.9 Å². The van der Waals surface area contributed by atoms with E-state index in [4.69, 9.17) is 5.26 Å². The van der Waals surface area contributed by atoms with Gasteiger partial charge in [-0.1, -0.05) is 6.42 Å². The Morgan fingerprint density at radius 2 is 1.94 bits per heavy atom. The Labute approximate surface area is 185 Å². The van der Waals surface area contributed by atoms with Gasteiger partial charge in [0.15, 0.2) is 0 Å². The van der Waals surface area contributed by atoms with Crippen molar-refractivity contribution in [1.82, 2.24) is 35.8 Å². The molecular formula is C20H36N8O2S. The van der Waals surface area contributed by atoms with Crippen molar-refractivity contribution in [3.8, 4) is 6.07 Å². The SMILES string of the molecule is CN1NCC2CCCC(NS(=O)(=O)C3CNN(C4CC(N5CC(C#N)C5)CCN4)C3)C21. The quantitative estimate of drug-likeness (QED) is 0.400. The minimum absolute atomic E-state index is 0.0190. The van der Waals surface area contributed by atoms with E-state index in [1.54, 1.807) is 0 Å². The number of likely N-dealkylation sites (tertiary alicyclic amines) is 1. The molecule has 0 aromatic carbocycles. The Balaban J connectivity index is 1.17. The highest BCUT2D eigenvalue weighted by molar-refractivity contribution is 7.90. The first-order valence-electron chi connectivity index (χ1n) is 11.8. The maximum atomic E-state index is 13.2. The smallest absolute Gasteiger partial charge is 0.217 e. The van der Waals surface area contributed by atoms with Crippen LogP contribution in [0.5, 0.6) is 0 Å². The molecule has 10 nitrogen and oxygen atoms in total. The van der Waals surface area contributed by atoms with Crippen molar-refractivity contribution in [1.29, 1.82) is 5.26 Å². The maximum Gasteiger partial charge on any atom is 0.217 e. The molecule has 5 rings (SSSR count). The van der Waals surface area contributed by atoms with Crippen LogP contribution in [-0.2, 0) is 10.0 Å². The highest BCUT2D eigenvalue weighted by atomic mass is 32.2. The molecule has 4 heterocycles. The van der Waals surface area contributed by atoms with Crippen LogP contribution in [0.1, 0.15) is 32.1 Å². The van der Waals surface area contributed by atoms with Crippen LogP contribution in [0.3, 0.4) is 0 Å². The lowest BCUT2D eigenvalue weighted by Crippen LogP contribution is -2.60. The van der Waals surface area contributed by atoms with E-state index < -0.39 is 15.3 Å². The monoisotopic (exact) mass is 452 g/mol. The molecule has 11 heteroatoms. The van der Waals surface area contributed by atoms with Gasteiger partial charge in [0.25, 0.3) is 0 Å². The van der Waals surface area contributed by atoms with Crippen molar-refractivity contribution in [2.75, 3.05) is 46.3 Å². The normalized spacial score (nSPS) is 41.0. The fourth-order valence-electron chi connectivity index (χ4n) is 6.23. The second-order valence-electron chi connectivity index (χ2n) is 9.99. The molecule has 1 saturated carbocycles. The number of hydrogen-bond donors (Lipinski definition) is 4. The maximum absolute atomic E-state index is 13.2. The van der Waals surface area contributed by atoms with Gasteiger partial charge in [0.05, 0.1) is 18.2 Å². The van der Waals surface area contributed by atoms with E-state index in [0.29, 0.717) is 25.0 Å². The van der Waals surface area contributed by atoms with Gasteiger partial charge in [-0.05, 0) is 38.1 Å². The van der Waals surface area contributed by atoms with Crippen LogP contribution in [0.2, 0.25) is 0 Å². The van der Waals surface area contributed by atoms with E-state index in [2.05, 4.69) is 41.9 Å². The Kier molecular flexibility index (Phi) is 6.26. The largest absolute Gasteiger partial charge is 0.301 e. The topological polar surface area (TPSA) is 116 Å². The van der Waals surface area contributed by atoms with E-state index in [1.165, 1.54) is 6.42 Å². The summed E-state index contributed by atoms with van der Waals surface area (Å²) < 4.78 is 29.6. The number of likely N-dealkylation sites (N-methyl/N-ethyl adjacent to an activating group) is 1. The molecule has 5 fully saturated rings. The fraction of sp³-hybridized carbons (Fsp3) is 0.950. The summed E-state index contributed by atoms with van der Waals surface area (Å²) in [6.45, 7) is 4.55. The number of nitriles is 1. The first kappa shape index (κ1) is 22.0. The lowest BCUT2D eigenvalue weighted by molar-refractivity contribution is 0.0184. The summed E-state index contributed by atoms with van der Waals surface area (Å²) in [6.07, 6.45) is 5.31. The third-order valence-corrected chi connectivity index (χ3v) is 9.87. The zero-order valence-corrected chi connectivity index (χ0v) is 19.1. The number of nitrogens with one attached hydrogen (secondary N) is 4. The van der Waals surface area contributed by atoms with E-state index in [-0.39, 0.29) is 24.2 Å². The van der Waals surface area contributed by atoms with Crippen molar-refractivity contribution in [2.24, 2.45) is 11.8 Å². The second-order valence-corrected chi connectivity index (χ2v) is 12.0. The number of rotatable bonds is 5. The van der Waals surface area contributed by atoms with Gasteiger partial charge in [0, 0.05) is 57.9 Å². The number of nitrogens with zero attached hydrogens (tertiary/aromatic N) is 4. The van der Waals surface area contributed by atoms with Crippen LogP contribution in [0, 0.1) is 23.2 Å². The molecule has 31 heavy (non-hydrogen) atoms. The van der Waals surface area contributed by atoms with Gasteiger partial charge < -0.3 is 5.32 Å². The molecule has 5 aliphatic rings. The van der Waals surface area contributed by atoms with Gasteiger partial charge >= 0.3 is 0 Å². The number of piperidine rings is 1. The lowest BCUT2D eigenvalue weighted by Gasteiger charge is -2.46. The Morgan fingerprint density at radius 3 is 2.74 bits per heavy atom. The molecule has 0 aromatic heterocycles. The van der Waals surface area contributed by atoms with Gasteiger partial charge in [-0.2, -0.15) is 5.26 Å². The molecule has 6 atom stereocenters. The summed E-state index contributed by atoms with van der Waals surface area (Å²) >= 11 is 0. The highest BCUT2D eigenvalue weighted by Gasteiger charge is 2.45. The first-order valence-corrected chi connectivity index (χ1v) is 13.3. The molecule has 0 amide bonds. The zero-order valence-electron chi connectivity index (χ0n) is 18.3. The van der Waals surface area contributed by atoms with Crippen LogP contribution >= 0.6 is 0 Å². The third-order valence-electron chi connectivity index (χ3n) is 8.05. The Bertz CT molecular complexity index is 795. The van der Waals surface area contributed by atoms with Gasteiger partial charge in [0.1, 0.15) is 5.25 Å². The average molecular weight is 453 g/mol. The average Bonchev–Trinajstić information content (AvgIpc) is 3.36. The van der Waals surface area contributed by atoms with Crippen LogP contribution in [0.25, 0.3) is 0 Å². The van der Waals surface area contributed by atoms with Gasteiger partial charge in [-0.3, -0.25) is 15.8 Å². The summed E-state index contributed by atoms with van der Waals surface area (Å²) in [7, 11) is -1.38. The Morgan fingerprint density at radius 1 is 1.10 bits per heavy atom. The van der Waals surface area contributed by atoms with Crippen molar-refractivity contribution < 1.29 is 8.42 Å². The molecule has 4 aliphatic heterocycles. The van der Waals surface area contributed by atoms with Gasteiger partial charge in [-0.25, -0.2) is 23.2 Å². The number of sulfonamides is 1. The van der Waals surface area contributed by atoms with Crippen molar-refractivity contribution in [3.63, 3.8) is 0 Å². The van der Waals surface area contributed by atoms with E-state index in [9.17, 15) is 8.42 Å². The molecule has 0 aromatic rings. The number of hydrogen-bond acceptors (Lipinski definition) is 9. The van der Waals surface area contributed by atoms with E-state index >= 15 is 0 Å². The third kappa shape index (κ3) is 4.37. The molecule has 4 saturated heterocycles. The van der Waals surface area contributed by atoms with Gasteiger partial charge in [0.2, 0.25) is 10.0 Å². The summed E-state index contributed by atoms with van der Waals surface area (Å²) in [5.41, 5.74) is 6.72. The van der Waals surface area contributed by atoms with Crippen molar-refractivity contribution in [3.05, 3.63) is 0 Å². The van der Waals surface area contributed by atoms with Gasteiger partial charge in [-0.15, -0.1) is 0 Å². The zero-order chi connectivity index (χ0) is 21.6. The molecular weight excluding hydrogens is 416 g/mol. The molecule has 0 radical (unpaired) electrons. The molecule has 1 aliphatic carbocycles. The van der Waals surface area contributed by atoms with E-state index in [0.717, 1.165) is 51.9 Å². The number of fused-ring (bicyclic) bond motifs is 1. The lowest BCUT2D eigenvalue weighted by atomic mass is 9.82. The molecule has 0 bridgehead atoms. The standard InChI is InChI=1S/C20H36N8O2S/c1-26-20-15(9-23-26)3-2-4-18(20)25-31(29,30)17-10-24-28(13-17)19-7-16(5-6-22-19)27-11-14(8-21)12-27/h14-20,22-25H,2-7,9-13H2,1H3. The summed E-state index contributed by atoms with van der Waals surface area (Å²) in [5, 5.41) is 16.3. The molecule has 174 valence electrons. The number of hydrazine groups is 2. The summed E-state index contributed by atoms with van der Waals surface area (Å²) in [4.78, 5) is 2.40. The summed E-state index contributed by atoms with van der Waals surface area (Å²) in [6, 6.07) is 3.04. The van der Waals surface area contributed by atoms with Crippen LogP contribution in [0.15, 0.2) is 0 Å². The highest BCUT2D eigenvalue weighted by Crippen LogP contribution is 2.32. The van der Waals surface area contributed by atoms with Crippen LogP contribution in [0.4, 0.5) is 0 Å². The minimum Gasteiger partial charge on any atom is -0.301 e. The minimum atomic E-state index is -3.41. The van der Waals surface area contributed by atoms with Crippen molar-refractivity contribution >= 4 is 10.0 Å². The van der Waals surface area contributed by atoms with E-state index in [1.807, 2.05) is 7.05 Å². The molecule has 4 N–H and O–H groups in total. The predicted octanol–water partition coefficient (Wildman–Crippen LogP) is -1.38. The second kappa shape index (κ2) is 8.83. The first-order chi connectivity index (χ1) is 14.9. The molecule has 6 unspecified atom stereocenters. The molecule has 0 spiro atoms. The predicted molar refractivity (Wildman–Crippen MR) is 117 cm³/mol. The summed E-state index contributed by atoms with van der Waals surface area (Å²) in [5.74, 6) is 0.697. The van der Waals surface area contributed by atoms with Crippen LogP contribution in [-0.4, -0.2) is 99.2 Å². The van der Waals surface area contributed by atoms with Crippen molar-refractivity contribution in [2.45, 2.75) is 61.6 Å². The Hall–Kier alpha value is -0.840. The fourth-order valence-corrected chi connectivity index (χ4v) is 7.75.